The summed E-state index contributed by atoms with van der Waals surface area (Å²) in [7, 11) is 3.12. The average Bonchev–Trinajstić information content (AvgIpc) is 3.34. The molecule has 0 aliphatic carbocycles. The number of fused-ring (bicyclic) bond motifs is 1. The second-order valence-electron chi connectivity index (χ2n) is 10.7. The zero-order valence-electron chi connectivity index (χ0n) is 21.3. The number of likely N-dealkylation sites (tertiary alicyclic amines) is 1. The Balaban J connectivity index is 1.79. The van der Waals surface area contributed by atoms with Gasteiger partial charge in [0.05, 0.1) is 37.2 Å². The van der Waals surface area contributed by atoms with Crippen LogP contribution in [0.3, 0.4) is 0 Å². The molecule has 3 aliphatic heterocycles. The van der Waals surface area contributed by atoms with Crippen LogP contribution in [-0.2, 0) is 19.1 Å². The van der Waals surface area contributed by atoms with Crippen LogP contribution < -0.4 is 15.4 Å². The summed E-state index contributed by atoms with van der Waals surface area (Å²) in [5.74, 6) is -1.66. The van der Waals surface area contributed by atoms with Crippen LogP contribution >= 0.6 is 0 Å². The molecule has 192 valence electrons. The summed E-state index contributed by atoms with van der Waals surface area (Å²) >= 11 is 0. The number of carbonyl (C=O) groups is 3. The molecule has 2 bridgehead atoms. The van der Waals surface area contributed by atoms with Gasteiger partial charge in [-0.2, -0.15) is 0 Å². The van der Waals surface area contributed by atoms with Crippen molar-refractivity contribution in [2.75, 3.05) is 26.1 Å². The molecule has 3 N–H and O–H groups in total. The number of aliphatic hydroxyl groups is 1. The van der Waals surface area contributed by atoms with E-state index in [4.69, 9.17) is 9.47 Å². The molecule has 9 heteroatoms. The number of amides is 3. The Morgan fingerprint density at radius 3 is 2.46 bits per heavy atom. The number of nitrogens with one attached hydrogen (secondary N) is 2. The Hall–Kier alpha value is -2.65. The smallest absolute Gasteiger partial charge is 0.250 e. The molecule has 9 nitrogen and oxygen atoms in total. The van der Waals surface area contributed by atoms with Crippen molar-refractivity contribution in [3.05, 3.63) is 24.3 Å². The summed E-state index contributed by atoms with van der Waals surface area (Å²) in [6, 6.07) is 5.41. The largest absolute Gasteiger partial charge is 0.497 e. The van der Waals surface area contributed by atoms with Crippen molar-refractivity contribution in [1.29, 1.82) is 0 Å². The van der Waals surface area contributed by atoms with Crippen LogP contribution in [0.2, 0.25) is 0 Å². The van der Waals surface area contributed by atoms with E-state index in [0.29, 0.717) is 24.3 Å². The number of carbonyl (C=O) groups excluding carboxylic acids is 3. The van der Waals surface area contributed by atoms with Gasteiger partial charge in [0.2, 0.25) is 17.7 Å². The summed E-state index contributed by atoms with van der Waals surface area (Å²) in [4.78, 5) is 42.5. The van der Waals surface area contributed by atoms with Gasteiger partial charge in [0, 0.05) is 12.7 Å². The molecule has 3 heterocycles. The molecule has 3 saturated heterocycles. The Labute approximate surface area is 206 Å². The lowest BCUT2D eigenvalue weighted by atomic mass is 9.62. The van der Waals surface area contributed by atoms with Crippen LogP contribution in [0.15, 0.2) is 24.3 Å². The Kier molecular flexibility index (Phi) is 6.61. The molecule has 4 rings (SSSR count). The van der Waals surface area contributed by atoms with E-state index in [1.165, 1.54) is 4.90 Å². The number of anilines is 1. The molecule has 0 saturated carbocycles. The predicted molar refractivity (Wildman–Crippen MR) is 130 cm³/mol. The van der Waals surface area contributed by atoms with Gasteiger partial charge in [-0.05, 0) is 55.9 Å². The average molecular weight is 488 g/mol. The lowest BCUT2D eigenvalue weighted by Crippen LogP contribution is -2.56. The Morgan fingerprint density at radius 2 is 1.91 bits per heavy atom. The molecule has 1 aromatic rings. The van der Waals surface area contributed by atoms with Crippen molar-refractivity contribution in [1.82, 2.24) is 10.2 Å². The van der Waals surface area contributed by atoms with Crippen molar-refractivity contribution in [2.45, 2.75) is 63.8 Å². The molecular formula is C26H37N3O6. The second kappa shape index (κ2) is 9.09. The maximum atomic E-state index is 14.0. The van der Waals surface area contributed by atoms with Gasteiger partial charge in [-0.1, -0.05) is 20.8 Å². The molecule has 0 aromatic heterocycles. The van der Waals surface area contributed by atoms with E-state index in [2.05, 4.69) is 10.6 Å². The van der Waals surface area contributed by atoms with Gasteiger partial charge in [0.25, 0.3) is 0 Å². The first-order valence-corrected chi connectivity index (χ1v) is 12.3. The predicted octanol–water partition coefficient (Wildman–Crippen LogP) is 1.80. The Morgan fingerprint density at radius 1 is 1.26 bits per heavy atom. The van der Waals surface area contributed by atoms with Crippen molar-refractivity contribution in [3.8, 4) is 5.75 Å². The number of hydrogen-bond donors (Lipinski definition) is 3. The summed E-state index contributed by atoms with van der Waals surface area (Å²) in [6.45, 7) is 7.61. The van der Waals surface area contributed by atoms with Gasteiger partial charge in [0.15, 0.2) is 0 Å². The zero-order valence-corrected chi connectivity index (χ0v) is 21.3. The highest BCUT2D eigenvalue weighted by atomic mass is 16.5. The SMILES string of the molecule is CNC(=O)[C@@H]1[C@H]2C(=O)N([C@@H](CO)CC(C)C)C(C(=O)Nc3ccc(OC)cc3)C23CC(C)[C@@]1(C)O3. The summed E-state index contributed by atoms with van der Waals surface area (Å²) in [5.41, 5.74) is -1.46. The van der Waals surface area contributed by atoms with Crippen LogP contribution in [-0.4, -0.2) is 71.8 Å². The Bertz CT molecular complexity index is 997. The topological polar surface area (TPSA) is 117 Å². The first-order valence-electron chi connectivity index (χ1n) is 12.3. The lowest BCUT2D eigenvalue weighted by Gasteiger charge is -2.37. The van der Waals surface area contributed by atoms with E-state index in [-0.39, 0.29) is 36.2 Å². The van der Waals surface area contributed by atoms with Crippen molar-refractivity contribution >= 4 is 23.4 Å². The number of rotatable bonds is 8. The van der Waals surface area contributed by atoms with Crippen LogP contribution in [0.1, 0.15) is 40.5 Å². The van der Waals surface area contributed by atoms with Gasteiger partial charge in [-0.15, -0.1) is 0 Å². The number of methoxy groups -OCH3 is 1. The van der Waals surface area contributed by atoms with Crippen LogP contribution in [0.4, 0.5) is 5.69 Å². The van der Waals surface area contributed by atoms with E-state index >= 15 is 0 Å². The fourth-order valence-electron chi connectivity index (χ4n) is 6.63. The fraction of sp³-hybridized carbons (Fsp3) is 0.654. The molecule has 3 unspecified atom stereocenters. The summed E-state index contributed by atoms with van der Waals surface area (Å²) in [6.07, 6.45) is 0.999. The minimum atomic E-state index is -1.15. The van der Waals surface area contributed by atoms with Crippen molar-refractivity contribution < 1.29 is 29.0 Å². The first-order chi connectivity index (χ1) is 16.5. The summed E-state index contributed by atoms with van der Waals surface area (Å²) < 4.78 is 11.8. The van der Waals surface area contributed by atoms with Crippen molar-refractivity contribution in [2.24, 2.45) is 23.7 Å². The molecule has 3 amide bonds. The van der Waals surface area contributed by atoms with Gasteiger partial charge in [-0.25, -0.2) is 0 Å². The third-order valence-electron chi connectivity index (χ3n) is 8.23. The van der Waals surface area contributed by atoms with Crippen LogP contribution in [0, 0.1) is 23.7 Å². The number of ether oxygens (including phenoxy) is 2. The van der Waals surface area contributed by atoms with E-state index < -0.39 is 35.1 Å². The number of nitrogens with zero attached hydrogens (tertiary/aromatic N) is 1. The third-order valence-corrected chi connectivity index (χ3v) is 8.23. The molecule has 35 heavy (non-hydrogen) atoms. The first kappa shape index (κ1) is 25.4. The summed E-state index contributed by atoms with van der Waals surface area (Å²) in [5, 5.41) is 15.9. The highest BCUT2D eigenvalue weighted by molar-refractivity contribution is 6.04. The van der Waals surface area contributed by atoms with Crippen LogP contribution in [0.5, 0.6) is 5.75 Å². The van der Waals surface area contributed by atoms with Gasteiger partial charge in [-0.3, -0.25) is 14.4 Å². The second-order valence-corrected chi connectivity index (χ2v) is 10.7. The molecule has 0 radical (unpaired) electrons. The monoisotopic (exact) mass is 487 g/mol. The maximum Gasteiger partial charge on any atom is 0.250 e. The molecule has 1 aromatic carbocycles. The van der Waals surface area contributed by atoms with E-state index in [0.717, 1.165) is 0 Å². The molecule has 3 aliphatic rings. The van der Waals surface area contributed by atoms with Gasteiger partial charge < -0.3 is 30.1 Å². The van der Waals surface area contributed by atoms with Crippen molar-refractivity contribution in [3.63, 3.8) is 0 Å². The lowest BCUT2D eigenvalue weighted by molar-refractivity contribution is -0.149. The molecule has 3 fully saturated rings. The zero-order chi connectivity index (χ0) is 25.7. The van der Waals surface area contributed by atoms with E-state index in [1.807, 2.05) is 27.7 Å². The number of hydrogen-bond acceptors (Lipinski definition) is 6. The normalized spacial score (nSPS) is 34.2. The van der Waals surface area contributed by atoms with Gasteiger partial charge in [0.1, 0.15) is 17.4 Å². The van der Waals surface area contributed by atoms with E-state index in [9.17, 15) is 19.5 Å². The molecule has 7 atom stereocenters. The number of benzene rings is 1. The maximum absolute atomic E-state index is 14.0. The van der Waals surface area contributed by atoms with E-state index in [1.54, 1.807) is 38.4 Å². The highest BCUT2D eigenvalue weighted by Crippen LogP contribution is 2.65. The molecular weight excluding hydrogens is 450 g/mol. The quantitative estimate of drug-likeness (QED) is 0.515. The van der Waals surface area contributed by atoms with Gasteiger partial charge >= 0.3 is 0 Å². The third kappa shape index (κ3) is 3.80. The molecule has 1 spiro atoms. The minimum absolute atomic E-state index is 0.0391. The standard InChI is InChI=1S/C26H37N3O6/c1-14(2)11-17(13-30)29-21(23(32)28-16-7-9-18(34-6)10-8-16)26-12-15(3)25(4,35-26)19(22(31)27-5)20(26)24(29)33/h7-10,14-15,17,19-21,30H,11-13H2,1-6H3,(H,27,31)(H,28,32)/t15?,17-,19+,20+,21?,25-,26?/m1/s1. The number of aliphatic hydroxyl groups excluding tert-OH is 1. The minimum Gasteiger partial charge on any atom is -0.497 e. The fourth-order valence-corrected chi connectivity index (χ4v) is 6.63. The van der Waals surface area contributed by atoms with Crippen LogP contribution in [0.25, 0.3) is 0 Å². The highest BCUT2D eigenvalue weighted by Gasteiger charge is 2.80.